The van der Waals surface area contributed by atoms with Crippen LogP contribution in [0, 0.1) is 10.1 Å². The number of rotatable bonds is 4. The van der Waals surface area contributed by atoms with Gasteiger partial charge in [0.15, 0.2) is 5.75 Å². The normalized spacial score (nSPS) is 11.2. The van der Waals surface area contributed by atoms with Crippen molar-refractivity contribution in [1.82, 2.24) is 0 Å². The van der Waals surface area contributed by atoms with Crippen LogP contribution in [0.3, 0.4) is 0 Å². The standard InChI is InChI=1S/C14H7ClF3NO5/c15-10-5-9(14(16,17)18)11(19(22)23)6-12(10)24-8-3-1-2-7(4-8)13(20)21/h1-6H,(H,20,21). The van der Waals surface area contributed by atoms with Crippen LogP contribution in [0.1, 0.15) is 15.9 Å². The molecule has 0 spiro atoms. The van der Waals surface area contributed by atoms with Gasteiger partial charge in [0.05, 0.1) is 21.6 Å². The van der Waals surface area contributed by atoms with Gasteiger partial charge < -0.3 is 9.84 Å². The van der Waals surface area contributed by atoms with Crippen LogP contribution >= 0.6 is 11.6 Å². The van der Waals surface area contributed by atoms with Crippen molar-refractivity contribution in [2.24, 2.45) is 0 Å². The molecule has 1 N–H and O–H groups in total. The zero-order chi connectivity index (χ0) is 18.1. The van der Waals surface area contributed by atoms with Crippen molar-refractivity contribution in [2.45, 2.75) is 6.18 Å². The molecule has 0 amide bonds. The Morgan fingerprint density at radius 1 is 1.25 bits per heavy atom. The summed E-state index contributed by atoms with van der Waals surface area (Å²) >= 11 is 5.70. The van der Waals surface area contributed by atoms with Crippen molar-refractivity contribution in [3.8, 4) is 11.5 Å². The first-order valence-electron chi connectivity index (χ1n) is 6.16. The van der Waals surface area contributed by atoms with E-state index in [1.54, 1.807) is 0 Å². The Hall–Kier alpha value is -2.81. The molecule has 0 heterocycles. The Labute approximate surface area is 137 Å². The second-order valence-electron chi connectivity index (χ2n) is 4.49. The topological polar surface area (TPSA) is 89.7 Å². The van der Waals surface area contributed by atoms with Crippen LogP contribution in [0.25, 0.3) is 0 Å². The lowest BCUT2D eigenvalue weighted by atomic mass is 10.1. The van der Waals surface area contributed by atoms with Gasteiger partial charge in [-0.1, -0.05) is 17.7 Å². The lowest BCUT2D eigenvalue weighted by Crippen LogP contribution is -2.09. The Kier molecular flexibility index (Phi) is 4.65. The highest BCUT2D eigenvalue weighted by Gasteiger charge is 2.39. The van der Waals surface area contributed by atoms with Gasteiger partial charge in [0.1, 0.15) is 11.3 Å². The van der Waals surface area contributed by atoms with Gasteiger partial charge in [-0.2, -0.15) is 13.2 Å². The number of ether oxygens (including phenoxy) is 1. The number of hydrogen-bond donors (Lipinski definition) is 1. The molecule has 0 unspecified atom stereocenters. The maximum atomic E-state index is 12.8. The molecule has 0 saturated carbocycles. The molecule has 2 aromatic carbocycles. The van der Waals surface area contributed by atoms with Crippen LogP contribution in [0.5, 0.6) is 11.5 Å². The molecule has 0 atom stereocenters. The molecule has 2 rings (SSSR count). The van der Waals surface area contributed by atoms with Crippen molar-refractivity contribution < 1.29 is 32.7 Å². The molecule has 0 aromatic heterocycles. The highest BCUT2D eigenvalue weighted by Crippen LogP contribution is 2.42. The van der Waals surface area contributed by atoms with Crippen molar-refractivity contribution in [1.29, 1.82) is 0 Å². The number of carboxylic acids is 1. The van der Waals surface area contributed by atoms with E-state index in [4.69, 9.17) is 21.4 Å². The number of nitrogens with zero attached hydrogens (tertiary/aromatic N) is 1. The Morgan fingerprint density at radius 3 is 2.46 bits per heavy atom. The summed E-state index contributed by atoms with van der Waals surface area (Å²) < 4.78 is 43.7. The summed E-state index contributed by atoms with van der Waals surface area (Å²) in [7, 11) is 0. The number of nitro benzene ring substituents is 1. The molecular weight excluding hydrogens is 355 g/mol. The van der Waals surface area contributed by atoms with Crippen molar-refractivity contribution in [2.75, 3.05) is 0 Å². The summed E-state index contributed by atoms with van der Waals surface area (Å²) in [5, 5.41) is 19.2. The summed E-state index contributed by atoms with van der Waals surface area (Å²) in [6.45, 7) is 0. The third-order valence-electron chi connectivity index (χ3n) is 2.86. The average Bonchev–Trinajstić information content (AvgIpc) is 2.48. The zero-order valence-electron chi connectivity index (χ0n) is 11.5. The first-order valence-corrected chi connectivity index (χ1v) is 6.53. The fourth-order valence-corrected chi connectivity index (χ4v) is 2.02. The smallest absolute Gasteiger partial charge is 0.423 e. The number of carboxylic acid groups (broad SMARTS) is 1. The Bertz CT molecular complexity index is 823. The molecule has 0 aliphatic heterocycles. The molecule has 126 valence electrons. The maximum absolute atomic E-state index is 12.8. The third-order valence-corrected chi connectivity index (χ3v) is 3.16. The maximum Gasteiger partial charge on any atom is 0.423 e. The van der Waals surface area contributed by atoms with Crippen molar-refractivity contribution in [3.63, 3.8) is 0 Å². The summed E-state index contributed by atoms with van der Waals surface area (Å²) in [5.41, 5.74) is -2.87. The Morgan fingerprint density at radius 2 is 1.92 bits per heavy atom. The molecule has 0 fully saturated rings. The van der Waals surface area contributed by atoms with Crippen LogP contribution in [0.4, 0.5) is 18.9 Å². The number of nitro groups is 1. The largest absolute Gasteiger partial charge is 0.478 e. The van der Waals surface area contributed by atoms with Crippen LogP contribution in [0.2, 0.25) is 5.02 Å². The molecular formula is C14H7ClF3NO5. The summed E-state index contributed by atoms with van der Waals surface area (Å²) in [4.78, 5) is 20.5. The highest BCUT2D eigenvalue weighted by atomic mass is 35.5. The van der Waals surface area contributed by atoms with Gasteiger partial charge in [0, 0.05) is 0 Å². The van der Waals surface area contributed by atoms with E-state index in [-0.39, 0.29) is 11.3 Å². The molecule has 24 heavy (non-hydrogen) atoms. The second kappa shape index (κ2) is 6.36. The fourth-order valence-electron chi connectivity index (χ4n) is 1.82. The predicted octanol–water partition coefficient (Wildman–Crippen LogP) is 4.76. The summed E-state index contributed by atoms with van der Waals surface area (Å²) in [6.07, 6.45) is -4.96. The molecule has 2 aromatic rings. The molecule has 10 heteroatoms. The van der Waals surface area contributed by atoms with Gasteiger partial charge >= 0.3 is 12.1 Å². The van der Waals surface area contributed by atoms with E-state index >= 15 is 0 Å². The molecule has 0 saturated heterocycles. The minimum Gasteiger partial charge on any atom is -0.478 e. The minimum absolute atomic E-state index is 0.0501. The van der Waals surface area contributed by atoms with Crippen LogP contribution in [0.15, 0.2) is 36.4 Å². The fraction of sp³-hybridized carbons (Fsp3) is 0.0714. The van der Waals surface area contributed by atoms with E-state index in [2.05, 4.69) is 0 Å². The molecule has 0 bridgehead atoms. The third kappa shape index (κ3) is 3.74. The second-order valence-corrected chi connectivity index (χ2v) is 4.90. The van der Waals surface area contributed by atoms with Gasteiger partial charge in [-0.05, 0) is 24.3 Å². The lowest BCUT2D eigenvalue weighted by molar-refractivity contribution is -0.388. The summed E-state index contributed by atoms with van der Waals surface area (Å²) in [5.74, 6) is -1.70. The first kappa shape index (κ1) is 17.5. The van der Waals surface area contributed by atoms with Gasteiger partial charge in [-0.25, -0.2) is 4.79 Å². The molecule has 0 aliphatic carbocycles. The highest BCUT2D eigenvalue weighted by molar-refractivity contribution is 6.32. The monoisotopic (exact) mass is 361 g/mol. The van der Waals surface area contributed by atoms with E-state index in [0.29, 0.717) is 12.1 Å². The van der Waals surface area contributed by atoms with Crippen LogP contribution < -0.4 is 4.74 Å². The number of alkyl halides is 3. The Balaban J connectivity index is 2.48. The predicted molar refractivity (Wildman–Crippen MR) is 76.6 cm³/mol. The first-order chi connectivity index (χ1) is 11.1. The number of hydrogen-bond acceptors (Lipinski definition) is 4. The number of halogens is 4. The van der Waals surface area contributed by atoms with Crippen molar-refractivity contribution >= 4 is 23.3 Å². The zero-order valence-corrected chi connectivity index (χ0v) is 12.3. The van der Waals surface area contributed by atoms with E-state index in [1.165, 1.54) is 18.2 Å². The number of carbonyl (C=O) groups is 1. The van der Waals surface area contributed by atoms with Crippen LogP contribution in [-0.4, -0.2) is 16.0 Å². The molecule has 6 nitrogen and oxygen atoms in total. The van der Waals surface area contributed by atoms with Crippen molar-refractivity contribution in [3.05, 3.63) is 62.7 Å². The molecule has 0 aliphatic rings. The average molecular weight is 362 g/mol. The SMILES string of the molecule is O=C(O)c1cccc(Oc2cc([N+](=O)[O-])c(C(F)(F)F)cc2Cl)c1. The van der Waals surface area contributed by atoms with E-state index in [0.717, 1.165) is 6.07 Å². The quantitative estimate of drug-likeness (QED) is 0.626. The number of aromatic carboxylic acids is 1. The van der Waals surface area contributed by atoms with Gasteiger partial charge in [-0.15, -0.1) is 0 Å². The van der Waals surface area contributed by atoms with E-state index < -0.39 is 39.1 Å². The van der Waals surface area contributed by atoms with Crippen LogP contribution in [-0.2, 0) is 6.18 Å². The van der Waals surface area contributed by atoms with E-state index in [1.807, 2.05) is 0 Å². The lowest BCUT2D eigenvalue weighted by Gasteiger charge is -2.12. The number of benzene rings is 2. The summed E-state index contributed by atoms with van der Waals surface area (Å²) in [6, 6.07) is 5.96. The van der Waals surface area contributed by atoms with E-state index in [9.17, 15) is 28.1 Å². The van der Waals surface area contributed by atoms with Gasteiger partial charge in [0.2, 0.25) is 0 Å². The van der Waals surface area contributed by atoms with Gasteiger partial charge in [-0.3, -0.25) is 10.1 Å². The minimum atomic E-state index is -4.96. The van der Waals surface area contributed by atoms with Gasteiger partial charge in [0.25, 0.3) is 5.69 Å². The molecule has 0 radical (unpaired) electrons.